The lowest BCUT2D eigenvalue weighted by Gasteiger charge is -2.39. The topological polar surface area (TPSA) is 95.6 Å². The Morgan fingerprint density at radius 3 is 2.14 bits per heavy atom. The number of thiol groups is 1. The second kappa shape index (κ2) is 14.5. The summed E-state index contributed by atoms with van der Waals surface area (Å²) in [7, 11) is 1.53. The normalized spacial score (nSPS) is 14.1. The molecule has 196 valence electrons. The van der Waals surface area contributed by atoms with Crippen molar-refractivity contribution in [1.82, 2.24) is 15.5 Å². The molecule has 0 radical (unpaired) electrons. The fraction of sp³-hybridized carbons (Fsp3) is 0.615. The van der Waals surface area contributed by atoms with E-state index in [1.165, 1.54) is 18.9 Å². The van der Waals surface area contributed by atoms with E-state index in [0.717, 1.165) is 17.3 Å². The molecule has 0 saturated heterocycles. The molecule has 2 N–H and O–H groups in total. The quantitative estimate of drug-likeness (QED) is 0.287. The molecule has 0 aliphatic carbocycles. The average Bonchev–Trinajstić information content (AvgIpc) is 2.75. The molecule has 0 bridgehead atoms. The van der Waals surface area contributed by atoms with Crippen molar-refractivity contribution in [2.45, 2.75) is 78.3 Å². The zero-order valence-corrected chi connectivity index (χ0v) is 23.7. The third kappa shape index (κ3) is 11.5. The summed E-state index contributed by atoms with van der Waals surface area (Å²) >= 11 is 5.66. The maximum Gasteiger partial charge on any atom is 0.243 e. The van der Waals surface area contributed by atoms with Crippen molar-refractivity contribution in [3.63, 3.8) is 0 Å². The Morgan fingerprint density at radius 2 is 1.66 bits per heavy atom. The Hall–Kier alpha value is -2.00. The fourth-order valence-electron chi connectivity index (χ4n) is 3.73. The van der Waals surface area contributed by atoms with Crippen LogP contribution < -0.4 is 10.6 Å². The summed E-state index contributed by atoms with van der Waals surface area (Å²) in [5.74, 6) is -1.01. The second-order valence-corrected chi connectivity index (χ2v) is 12.1. The number of hydrogen-bond donors (Lipinski definition) is 3. The SMILES string of the molecule is CNC(=O)[C@H](Cc1ccccc1)NC(=O)[C@H](CC(C)C)N(C(=O)CSC(C)=O)C(S)CC(C)(C)C. The van der Waals surface area contributed by atoms with Crippen molar-refractivity contribution in [3.8, 4) is 0 Å². The van der Waals surface area contributed by atoms with Crippen LogP contribution in [-0.4, -0.2) is 58.0 Å². The maximum atomic E-state index is 13.7. The molecule has 0 saturated carbocycles. The van der Waals surface area contributed by atoms with Gasteiger partial charge >= 0.3 is 0 Å². The van der Waals surface area contributed by atoms with E-state index >= 15 is 0 Å². The molecule has 35 heavy (non-hydrogen) atoms. The first-order valence-corrected chi connectivity index (χ1v) is 13.4. The molecule has 3 atom stereocenters. The second-order valence-electron chi connectivity index (χ2n) is 10.3. The smallest absolute Gasteiger partial charge is 0.243 e. The molecule has 1 unspecified atom stereocenters. The summed E-state index contributed by atoms with van der Waals surface area (Å²) in [6, 6.07) is 7.82. The van der Waals surface area contributed by atoms with E-state index in [4.69, 9.17) is 12.6 Å². The van der Waals surface area contributed by atoms with E-state index in [-0.39, 0.29) is 34.0 Å². The molecule has 7 nitrogen and oxygen atoms in total. The summed E-state index contributed by atoms with van der Waals surface area (Å²) in [5, 5.41) is 4.81. The van der Waals surface area contributed by atoms with Gasteiger partial charge in [-0.05, 0) is 29.7 Å². The Bertz CT molecular complexity index is 856. The van der Waals surface area contributed by atoms with Gasteiger partial charge in [0.15, 0.2) is 5.12 Å². The molecule has 0 fully saturated rings. The van der Waals surface area contributed by atoms with Crippen LogP contribution in [0.1, 0.15) is 59.9 Å². The number of hydrogen-bond acceptors (Lipinski definition) is 6. The van der Waals surface area contributed by atoms with Crippen LogP contribution >= 0.6 is 24.4 Å². The van der Waals surface area contributed by atoms with Crippen molar-refractivity contribution < 1.29 is 19.2 Å². The number of likely N-dealkylation sites (N-methyl/N-ethyl adjacent to an activating group) is 1. The van der Waals surface area contributed by atoms with Crippen LogP contribution in [-0.2, 0) is 25.6 Å². The number of rotatable bonds is 12. The van der Waals surface area contributed by atoms with Gasteiger partial charge in [-0.3, -0.25) is 19.2 Å². The van der Waals surface area contributed by atoms with Crippen LogP contribution in [0.15, 0.2) is 30.3 Å². The molecular weight excluding hydrogens is 482 g/mol. The molecule has 3 amide bonds. The van der Waals surface area contributed by atoms with Crippen molar-refractivity contribution >= 4 is 47.2 Å². The van der Waals surface area contributed by atoms with E-state index in [0.29, 0.717) is 19.3 Å². The van der Waals surface area contributed by atoms with Gasteiger partial charge in [0.1, 0.15) is 12.1 Å². The molecule has 0 aliphatic rings. The van der Waals surface area contributed by atoms with Gasteiger partial charge in [0.25, 0.3) is 0 Å². The lowest BCUT2D eigenvalue weighted by molar-refractivity contribution is -0.141. The highest BCUT2D eigenvalue weighted by Gasteiger charge is 2.37. The number of benzene rings is 1. The highest BCUT2D eigenvalue weighted by Crippen LogP contribution is 2.29. The largest absolute Gasteiger partial charge is 0.357 e. The number of carbonyl (C=O) groups excluding carboxylic acids is 4. The molecule has 0 aliphatic heterocycles. The number of nitrogens with one attached hydrogen (secondary N) is 2. The van der Waals surface area contributed by atoms with Crippen LogP contribution in [0.4, 0.5) is 0 Å². The number of carbonyl (C=O) groups is 4. The van der Waals surface area contributed by atoms with E-state index in [9.17, 15) is 19.2 Å². The maximum absolute atomic E-state index is 13.7. The Labute approximate surface area is 220 Å². The lowest BCUT2D eigenvalue weighted by atomic mass is 9.91. The molecule has 0 spiro atoms. The molecule has 1 aromatic carbocycles. The van der Waals surface area contributed by atoms with Gasteiger partial charge in [-0.25, -0.2) is 0 Å². The molecular formula is C26H41N3O4S2. The zero-order chi connectivity index (χ0) is 26.8. The number of nitrogens with zero attached hydrogens (tertiary/aromatic N) is 1. The van der Waals surface area contributed by atoms with Gasteiger partial charge in [-0.2, -0.15) is 12.6 Å². The van der Waals surface area contributed by atoms with Crippen LogP contribution in [0.2, 0.25) is 0 Å². The zero-order valence-electron chi connectivity index (χ0n) is 22.0. The average molecular weight is 524 g/mol. The number of thioether (sulfide) groups is 1. The van der Waals surface area contributed by atoms with Crippen LogP contribution in [0, 0.1) is 11.3 Å². The predicted molar refractivity (Wildman–Crippen MR) is 146 cm³/mol. The van der Waals surface area contributed by atoms with Crippen LogP contribution in [0.25, 0.3) is 0 Å². The van der Waals surface area contributed by atoms with Crippen molar-refractivity contribution in [1.29, 1.82) is 0 Å². The summed E-state index contributed by atoms with van der Waals surface area (Å²) in [4.78, 5) is 52.6. The first-order chi connectivity index (χ1) is 16.2. The number of amides is 3. The third-order valence-corrected chi connectivity index (χ3v) is 6.53. The summed E-state index contributed by atoms with van der Waals surface area (Å²) in [6.45, 7) is 11.5. The van der Waals surface area contributed by atoms with Gasteiger partial charge in [0.2, 0.25) is 17.7 Å². The van der Waals surface area contributed by atoms with E-state index in [2.05, 4.69) is 10.6 Å². The highest BCUT2D eigenvalue weighted by molar-refractivity contribution is 8.14. The van der Waals surface area contributed by atoms with E-state index < -0.39 is 23.4 Å². The standard InChI is InChI=1S/C26H41N3O4S2/c1-17(2)13-21(29(22(31)16-35-18(3)30)23(34)15-26(4,5)6)25(33)28-20(24(32)27-7)14-19-11-9-8-10-12-19/h8-12,17,20-21,23,34H,13-16H2,1-7H3,(H,27,32)(H,28,33)/t20-,21-,23?/m0/s1. The summed E-state index contributed by atoms with van der Waals surface area (Å²) in [6.07, 6.45) is 1.27. The highest BCUT2D eigenvalue weighted by atomic mass is 32.2. The first kappa shape index (κ1) is 31.0. The molecule has 9 heteroatoms. The molecule has 0 heterocycles. The molecule has 1 rings (SSSR count). The minimum atomic E-state index is -0.831. The summed E-state index contributed by atoms with van der Waals surface area (Å²) in [5.41, 5.74) is 0.766. The Kier molecular flexibility index (Phi) is 12.9. The third-order valence-electron chi connectivity index (χ3n) is 5.30. The van der Waals surface area contributed by atoms with Crippen LogP contribution in [0.5, 0.6) is 0 Å². The van der Waals surface area contributed by atoms with Crippen molar-refractivity contribution in [2.75, 3.05) is 12.8 Å². The van der Waals surface area contributed by atoms with E-state index in [1.807, 2.05) is 65.0 Å². The van der Waals surface area contributed by atoms with Gasteiger partial charge in [-0.15, -0.1) is 0 Å². The fourth-order valence-corrected chi connectivity index (χ4v) is 5.04. The van der Waals surface area contributed by atoms with E-state index in [1.54, 1.807) is 0 Å². The minimum Gasteiger partial charge on any atom is -0.357 e. The van der Waals surface area contributed by atoms with Gasteiger partial charge in [0.05, 0.1) is 11.1 Å². The Balaban J connectivity index is 3.31. The van der Waals surface area contributed by atoms with Gasteiger partial charge < -0.3 is 15.5 Å². The summed E-state index contributed by atoms with van der Waals surface area (Å²) < 4.78 is 0. The first-order valence-electron chi connectivity index (χ1n) is 11.9. The lowest BCUT2D eigenvalue weighted by Crippen LogP contribution is -2.58. The van der Waals surface area contributed by atoms with Crippen LogP contribution in [0.3, 0.4) is 0 Å². The van der Waals surface area contributed by atoms with Gasteiger partial charge in [-0.1, -0.05) is 76.7 Å². The Morgan fingerprint density at radius 1 is 1.06 bits per heavy atom. The van der Waals surface area contributed by atoms with Gasteiger partial charge in [0, 0.05) is 20.4 Å². The molecule has 1 aromatic rings. The minimum absolute atomic E-state index is 0.0682. The van der Waals surface area contributed by atoms with Crippen molar-refractivity contribution in [3.05, 3.63) is 35.9 Å². The molecule has 0 aromatic heterocycles. The predicted octanol–water partition coefficient (Wildman–Crippen LogP) is 3.68. The monoisotopic (exact) mass is 523 g/mol. The van der Waals surface area contributed by atoms with Crippen molar-refractivity contribution in [2.24, 2.45) is 11.3 Å².